The van der Waals surface area contributed by atoms with Crippen LogP contribution in [0.5, 0.6) is 0 Å². The number of ketones is 1. The highest BCUT2D eigenvalue weighted by atomic mass is 35.5. The van der Waals surface area contributed by atoms with Gasteiger partial charge < -0.3 is 10.6 Å². The SMILES string of the molecule is O=C(Nc1ccc(Cl)c(C(F)(F)F)c1)Nc1ccc(F)c(C(=O)c2ccc3ncc(-n4ccnc4)nc3c2)c1F. The van der Waals surface area contributed by atoms with Crippen LogP contribution in [0, 0.1) is 11.6 Å². The van der Waals surface area contributed by atoms with Crippen LogP contribution < -0.4 is 10.6 Å². The van der Waals surface area contributed by atoms with Crippen LogP contribution in [0.15, 0.2) is 73.4 Å². The van der Waals surface area contributed by atoms with Gasteiger partial charge in [0.2, 0.25) is 0 Å². The first kappa shape index (κ1) is 26.7. The Kier molecular flexibility index (Phi) is 6.90. The monoisotopic (exact) mass is 572 g/mol. The van der Waals surface area contributed by atoms with E-state index in [1.54, 1.807) is 10.8 Å². The average molecular weight is 573 g/mol. The Labute approximate surface area is 226 Å². The molecule has 0 unspecified atom stereocenters. The molecule has 0 bridgehead atoms. The molecule has 5 aromatic rings. The number of rotatable bonds is 5. The van der Waals surface area contributed by atoms with Crippen LogP contribution in [0.4, 0.5) is 38.1 Å². The van der Waals surface area contributed by atoms with Crippen LogP contribution in [0.2, 0.25) is 5.02 Å². The topological polar surface area (TPSA) is 102 Å². The summed E-state index contributed by atoms with van der Waals surface area (Å²) in [6.45, 7) is 0. The van der Waals surface area contributed by atoms with Crippen molar-refractivity contribution in [2.75, 3.05) is 10.6 Å². The Balaban J connectivity index is 1.41. The maximum atomic E-state index is 15.3. The lowest BCUT2D eigenvalue weighted by atomic mass is 10.0. The summed E-state index contributed by atoms with van der Waals surface area (Å²) in [6.07, 6.45) is 1.37. The third-order valence-electron chi connectivity index (χ3n) is 5.66. The van der Waals surface area contributed by atoms with Gasteiger partial charge in [0, 0.05) is 23.6 Å². The van der Waals surface area contributed by atoms with Crippen molar-refractivity contribution < 1.29 is 31.5 Å². The molecule has 3 aromatic carbocycles. The molecule has 202 valence electrons. The minimum Gasteiger partial charge on any atom is -0.308 e. The summed E-state index contributed by atoms with van der Waals surface area (Å²) in [5.74, 6) is -3.22. The fourth-order valence-electron chi connectivity index (χ4n) is 3.77. The number of halogens is 6. The molecule has 14 heteroatoms. The number of alkyl halides is 3. The fourth-order valence-corrected chi connectivity index (χ4v) is 3.99. The number of carbonyl (C=O) groups is 2. The molecule has 0 spiro atoms. The zero-order valence-corrected chi connectivity index (χ0v) is 20.6. The lowest BCUT2D eigenvalue weighted by Crippen LogP contribution is -2.21. The zero-order valence-electron chi connectivity index (χ0n) is 19.8. The Bertz CT molecular complexity index is 1780. The zero-order chi connectivity index (χ0) is 28.6. The molecule has 0 radical (unpaired) electrons. The van der Waals surface area contributed by atoms with Gasteiger partial charge in [0.05, 0.1) is 39.1 Å². The summed E-state index contributed by atoms with van der Waals surface area (Å²) >= 11 is 5.57. The molecule has 0 aliphatic rings. The maximum Gasteiger partial charge on any atom is 0.417 e. The number of fused-ring (bicyclic) bond motifs is 1. The van der Waals surface area contributed by atoms with E-state index in [4.69, 9.17) is 11.6 Å². The fraction of sp³-hybridized carbons (Fsp3) is 0.0385. The van der Waals surface area contributed by atoms with Gasteiger partial charge in [-0.1, -0.05) is 11.6 Å². The highest BCUT2D eigenvalue weighted by Gasteiger charge is 2.33. The first-order chi connectivity index (χ1) is 19.0. The van der Waals surface area contributed by atoms with Gasteiger partial charge >= 0.3 is 12.2 Å². The molecule has 2 aromatic heterocycles. The molecule has 0 fully saturated rings. The van der Waals surface area contributed by atoms with Crippen molar-refractivity contribution in [3.05, 3.63) is 107 Å². The van der Waals surface area contributed by atoms with E-state index in [9.17, 15) is 27.2 Å². The molecule has 0 saturated heterocycles. The number of urea groups is 1. The molecular formula is C26H14ClF5N6O2. The van der Waals surface area contributed by atoms with Crippen molar-refractivity contribution in [3.8, 4) is 5.82 Å². The van der Waals surface area contributed by atoms with Gasteiger partial charge in [-0.25, -0.2) is 23.5 Å². The molecule has 40 heavy (non-hydrogen) atoms. The van der Waals surface area contributed by atoms with E-state index in [1.807, 2.05) is 0 Å². The van der Waals surface area contributed by atoms with Gasteiger partial charge in [-0.3, -0.25) is 14.3 Å². The highest BCUT2D eigenvalue weighted by Crippen LogP contribution is 2.36. The van der Waals surface area contributed by atoms with Crippen molar-refractivity contribution >= 4 is 45.8 Å². The number of anilines is 2. The number of aromatic nitrogens is 4. The van der Waals surface area contributed by atoms with Crippen LogP contribution in [-0.2, 0) is 6.18 Å². The van der Waals surface area contributed by atoms with Crippen molar-refractivity contribution in [2.45, 2.75) is 6.18 Å². The third kappa shape index (κ3) is 5.31. The van der Waals surface area contributed by atoms with Crippen molar-refractivity contribution in [1.29, 1.82) is 0 Å². The summed E-state index contributed by atoms with van der Waals surface area (Å²) in [6, 6.07) is 7.22. The molecular weight excluding hydrogens is 559 g/mol. The molecule has 2 N–H and O–H groups in total. The lowest BCUT2D eigenvalue weighted by Gasteiger charge is -2.13. The van der Waals surface area contributed by atoms with Crippen molar-refractivity contribution in [2.24, 2.45) is 0 Å². The van der Waals surface area contributed by atoms with Gasteiger partial charge in [0.25, 0.3) is 0 Å². The van der Waals surface area contributed by atoms with E-state index in [-0.39, 0.29) is 16.8 Å². The summed E-state index contributed by atoms with van der Waals surface area (Å²) in [5.41, 5.74) is -2.44. The second kappa shape index (κ2) is 10.3. The van der Waals surface area contributed by atoms with Gasteiger partial charge in [-0.05, 0) is 48.5 Å². The minimum atomic E-state index is -4.78. The first-order valence-electron chi connectivity index (χ1n) is 11.2. The van der Waals surface area contributed by atoms with E-state index in [0.29, 0.717) is 17.4 Å². The Morgan fingerprint density at radius 3 is 2.48 bits per heavy atom. The molecule has 8 nitrogen and oxygen atoms in total. The molecule has 2 heterocycles. The number of carbonyl (C=O) groups excluding carboxylic acids is 2. The van der Waals surface area contributed by atoms with Gasteiger partial charge in [0.1, 0.15) is 12.1 Å². The Morgan fingerprint density at radius 2 is 1.75 bits per heavy atom. The smallest absolute Gasteiger partial charge is 0.308 e. The third-order valence-corrected chi connectivity index (χ3v) is 5.99. The first-order valence-corrected chi connectivity index (χ1v) is 11.6. The summed E-state index contributed by atoms with van der Waals surface area (Å²) in [4.78, 5) is 38.1. The second-order valence-electron chi connectivity index (χ2n) is 8.29. The summed E-state index contributed by atoms with van der Waals surface area (Å²) in [7, 11) is 0. The molecule has 0 atom stereocenters. The number of nitrogens with one attached hydrogen (secondary N) is 2. The van der Waals surface area contributed by atoms with E-state index < -0.39 is 51.5 Å². The predicted octanol–water partition coefficient (Wildman–Crippen LogP) is 6.64. The van der Waals surface area contributed by atoms with Crippen LogP contribution in [0.25, 0.3) is 16.9 Å². The summed E-state index contributed by atoms with van der Waals surface area (Å²) in [5, 5.41) is 3.60. The molecule has 0 aliphatic carbocycles. The van der Waals surface area contributed by atoms with Crippen LogP contribution in [0.1, 0.15) is 21.5 Å². The highest BCUT2D eigenvalue weighted by molar-refractivity contribution is 6.31. The number of imidazole rings is 1. The predicted molar refractivity (Wildman–Crippen MR) is 136 cm³/mol. The van der Waals surface area contributed by atoms with E-state index in [1.165, 1.54) is 36.9 Å². The lowest BCUT2D eigenvalue weighted by molar-refractivity contribution is -0.137. The maximum absolute atomic E-state index is 15.3. The number of hydrogen-bond donors (Lipinski definition) is 2. The van der Waals surface area contributed by atoms with E-state index in [0.717, 1.165) is 24.3 Å². The Hall–Kier alpha value is -4.91. The molecule has 0 aliphatic heterocycles. The number of hydrogen-bond acceptors (Lipinski definition) is 5. The van der Waals surface area contributed by atoms with Crippen LogP contribution >= 0.6 is 11.6 Å². The standard InChI is InChI=1S/C26H14ClF5N6O2/c27-16-3-2-14(10-15(16)26(30,31)32)35-25(40)37-19-6-4-17(28)22(23(19)29)24(39)13-1-5-18-20(9-13)36-21(11-34-18)38-8-7-33-12-38/h1-12H,(H2,35,37,40). The molecule has 2 amide bonds. The van der Waals surface area contributed by atoms with E-state index in [2.05, 4.69) is 25.6 Å². The minimum absolute atomic E-state index is 0.107. The second-order valence-corrected chi connectivity index (χ2v) is 8.69. The Morgan fingerprint density at radius 1 is 0.950 bits per heavy atom. The number of nitrogens with zero attached hydrogens (tertiary/aromatic N) is 4. The number of amides is 2. The molecule has 0 saturated carbocycles. The summed E-state index contributed by atoms with van der Waals surface area (Å²) < 4.78 is 70.8. The van der Waals surface area contributed by atoms with E-state index >= 15 is 4.39 Å². The van der Waals surface area contributed by atoms with Crippen LogP contribution in [-0.4, -0.2) is 31.3 Å². The van der Waals surface area contributed by atoms with Gasteiger partial charge in [0.15, 0.2) is 17.4 Å². The largest absolute Gasteiger partial charge is 0.417 e. The van der Waals surface area contributed by atoms with Gasteiger partial charge in [-0.2, -0.15) is 13.2 Å². The average Bonchev–Trinajstić information content (AvgIpc) is 3.45. The van der Waals surface area contributed by atoms with Crippen molar-refractivity contribution in [3.63, 3.8) is 0 Å². The van der Waals surface area contributed by atoms with Gasteiger partial charge in [-0.15, -0.1) is 0 Å². The molecule has 5 rings (SSSR count). The van der Waals surface area contributed by atoms with Crippen LogP contribution in [0.3, 0.4) is 0 Å². The normalized spacial score (nSPS) is 11.4. The number of benzene rings is 3. The quantitative estimate of drug-likeness (QED) is 0.182. The van der Waals surface area contributed by atoms with Crippen molar-refractivity contribution in [1.82, 2.24) is 19.5 Å².